The van der Waals surface area contributed by atoms with Crippen molar-refractivity contribution in [2.24, 2.45) is 11.8 Å². The molecule has 8 heteroatoms. The molecule has 0 bridgehead atoms. The summed E-state index contributed by atoms with van der Waals surface area (Å²) < 4.78 is 16.5. The Balaban J connectivity index is 2.99. The van der Waals surface area contributed by atoms with Crippen molar-refractivity contribution >= 4 is 18.0 Å². The van der Waals surface area contributed by atoms with Crippen LogP contribution in [-0.2, 0) is 30.4 Å². The minimum Gasteiger partial charge on any atom is -0.460 e. The third kappa shape index (κ3) is 10.3. The maximum atomic E-state index is 13.6. The first-order chi connectivity index (χ1) is 16.3. The number of benzene rings is 1. The van der Waals surface area contributed by atoms with Crippen LogP contribution in [0.5, 0.6) is 0 Å². The van der Waals surface area contributed by atoms with Crippen LogP contribution in [0, 0.1) is 11.8 Å². The number of esters is 1. The Bertz CT molecular complexity index is 806. The van der Waals surface area contributed by atoms with E-state index in [-0.39, 0.29) is 36.7 Å². The monoisotopic (exact) mass is 492 g/mol. The highest BCUT2D eigenvalue weighted by Crippen LogP contribution is 2.24. The van der Waals surface area contributed by atoms with Gasteiger partial charge < -0.3 is 24.4 Å². The summed E-state index contributed by atoms with van der Waals surface area (Å²) in [7, 11) is 3.22. The van der Waals surface area contributed by atoms with E-state index in [0.717, 1.165) is 12.0 Å². The van der Waals surface area contributed by atoms with E-state index in [4.69, 9.17) is 14.2 Å². The molecular formula is C27H44N2O6. The van der Waals surface area contributed by atoms with Crippen LogP contribution in [0.2, 0.25) is 0 Å². The summed E-state index contributed by atoms with van der Waals surface area (Å²) in [5.41, 5.74) is 0.240. The van der Waals surface area contributed by atoms with E-state index >= 15 is 0 Å². The van der Waals surface area contributed by atoms with Crippen molar-refractivity contribution in [3.63, 3.8) is 0 Å². The van der Waals surface area contributed by atoms with Crippen LogP contribution in [0.1, 0.15) is 66.9 Å². The van der Waals surface area contributed by atoms with Crippen LogP contribution in [0.15, 0.2) is 30.3 Å². The molecule has 1 aromatic rings. The lowest BCUT2D eigenvalue weighted by molar-refractivity contribution is -0.160. The van der Waals surface area contributed by atoms with Crippen LogP contribution in [-0.4, -0.2) is 60.8 Å². The quantitative estimate of drug-likeness (QED) is 0.430. The molecule has 8 nitrogen and oxygen atoms in total. The highest BCUT2D eigenvalue weighted by atomic mass is 16.6. The zero-order valence-electron chi connectivity index (χ0n) is 22.8. The number of nitrogens with one attached hydrogen (secondary N) is 1. The molecule has 0 saturated carbocycles. The fourth-order valence-corrected chi connectivity index (χ4v) is 3.90. The van der Waals surface area contributed by atoms with Gasteiger partial charge in [0.05, 0.1) is 18.6 Å². The average molecular weight is 493 g/mol. The highest BCUT2D eigenvalue weighted by molar-refractivity contribution is 5.86. The molecule has 0 aliphatic carbocycles. The van der Waals surface area contributed by atoms with Gasteiger partial charge >= 0.3 is 12.1 Å². The van der Waals surface area contributed by atoms with Gasteiger partial charge in [-0.25, -0.2) is 4.79 Å². The van der Waals surface area contributed by atoms with Crippen molar-refractivity contribution in [2.75, 3.05) is 14.2 Å². The van der Waals surface area contributed by atoms with Crippen LogP contribution in [0.25, 0.3) is 0 Å². The van der Waals surface area contributed by atoms with E-state index < -0.39 is 29.9 Å². The summed E-state index contributed by atoms with van der Waals surface area (Å²) in [5.74, 6) is -0.803. The second-order valence-corrected chi connectivity index (χ2v) is 10.3. The van der Waals surface area contributed by atoms with Gasteiger partial charge in [0.25, 0.3) is 0 Å². The van der Waals surface area contributed by atoms with Crippen molar-refractivity contribution in [3.05, 3.63) is 35.9 Å². The molecule has 1 aromatic carbocycles. The largest absolute Gasteiger partial charge is 0.460 e. The number of methoxy groups -OCH3 is 1. The molecular weight excluding hydrogens is 448 g/mol. The maximum Gasteiger partial charge on any atom is 0.408 e. The molecule has 0 aliphatic rings. The first kappa shape index (κ1) is 30.4. The summed E-state index contributed by atoms with van der Waals surface area (Å²) >= 11 is 0. The molecule has 198 valence electrons. The third-order valence-electron chi connectivity index (χ3n) is 5.91. The standard InChI is InChI=1S/C27H44N2O6/c1-10-19(4)24(21(33-9)16-22(30)35-27(5,6)7)29(8)25(31)23(18(2)3)28-26(32)34-17-20-14-12-11-13-15-20/h11-15,18-19,21,23-24H,10,16-17H2,1-9H3,(H,28,32)/t19-,21+,23-,24-/m0/s1. The minimum atomic E-state index is -0.797. The van der Waals surface area contributed by atoms with Gasteiger partial charge in [0, 0.05) is 14.2 Å². The van der Waals surface area contributed by atoms with Crippen LogP contribution in [0.3, 0.4) is 0 Å². The number of hydrogen-bond acceptors (Lipinski definition) is 6. The van der Waals surface area contributed by atoms with E-state index in [0.29, 0.717) is 0 Å². The topological polar surface area (TPSA) is 94.2 Å². The number of likely N-dealkylation sites (N-methyl/N-ethyl adjacent to an activating group) is 1. The van der Waals surface area contributed by atoms with Crippen LogP contribution in [0.4, 0.5) is 4.79 Å². The Morgan fingerprint density at radius 1 is 1.06 bits per heavy atom. The van der Waals surface area contributed by atoms with Crippen molar-refractivity contribution < 1.29 is 28.6 Å². The molecule has 35 heavy (non-hydrogen) atoms. The molecule has 1 rings (SSSR count). The van der Waals surface area contributed by atoms with Crippen molar-refractivity contribution in [1.82, 2.24) is 10.2 Å². The molecule has 0 aliphatic heterocycles. The summed E-state index contributed by atoms with van der Waals surface area (Å²) in [6.07, 6.45) is -0.438. The van der Waals surface area contributed by atoms with E-state index in [1.165, 1.54) is 7.11 Å². The van der Waals surface area contributed by atoms with Crippen LogP contribution >= 0.6 is 0 Å². The second-order valence-electron chi connectivity index (χ2n) is 10.3. The number of carbonyl (C=O) groups is 3. The number of ether oxygens (including phenoxy) is 3. The maximum absolute atomic E-state index is 13.6. The summed E-state index contributed by atoms with van der Waals surface area (Å²) in [6.45, 7) is 13.3. The van der Waals surface area contributed by atoms with Gasteiger partial charge in [-0.2, -0.15) is 0 Å². The predicted molar refractivity (Wildman–Crippen MR) is 136 cm³/mol. The van der Waals surface area contributed by atoms with Gasteiger partial charge in [-0.05, 0) is 38.2 Å². The Morgan fingerprint density at radius 3 is 2.14 bits per heavy atom. The fourth-order valence-electron chi connectivity index (χ4n) is 3.90. The lowest BCUT2D eigenvalue weighted by Crippen LogP contribution is -2.57. The minimum absolute atomic E-state index is 0.0132. The Morgan fingerprint density at radius 2 is 1.66 bits per heavy atom. The highest BCUT2D eigenvalue weighted by Gasteiger charge is 2.38. The van der Waals surface area contributed by atoms with Gasteiger partial charge in [0.2, 0.25) is 5.91 Å². The Labute approximate surface area is 210 Å². The molecule has 1 N–H and O–H groups in total. The first-order valence-corrected chi connectivity index (χ1v) is 12.3. The number of amides is 2. The number of rotatable bonds is 12. The predicted octanol–water partition coefficient (Wildman–Crippen LogP) is 4.56. The summed E-state index contributed by atoms with van der Waals surface area (Å²) in [6, 6.07) is 8.14. The van der Waals surface area contributed by atoms with Crippen LogP contribution < -0.4 is 5.32 Å². The second kappa shape index (κ2) is 14.1. The number of hydrogen-bond donors (Lipinski definition) is 1. The molecule has 0 unspecified atom stereocenters. The lowest BCUT2D eigenvalue weighted by atomic mass is 9.90. The van der Waals surface area contributed by atoms with Crippen molar-refractivity contribution in [3.8, 4) is 0 Å². The average Bonchev–Trinajstić information content (AvgIpc) is 2.79. The smallest absolute Gasteiger partial charge is 0.408 e. The SMILES string of the molecule is CC[C@H](C)[C@@H]([C@@H](CC(=O)OC(C)(C)C)OC)N(C)C(=O)[C@@H](NC(=O)OCc1ccccc1)C(C)C. The zero-order valence-corrected chi connectivity index (χ0v) is 22.8. The molecule has 0 saturated heterocycles. The molecule has 2 amide bonds. The summed E-state index contributed by atoms with van der Waals surface area (Å²) in [4.78, 5) is 40.2. The number of carbonyl (C=O) groups excluding carboxylic acids is 3. The van der Waals surface area contributed by atoms with Crippen molar-refractivity contribution in [2.45, 2.75) is 91.7 Å². The zero-order chi connectivity index (χ0) is 26.8. The number of nitrogens with zero attached hydrogens (tertiary/aromatic N) is 1. The Kier molecular flexibility index (Phi) is 12.2. The molecule has 0 fully saturated rings. The third-order valence-corrected chi connectivity index (χ3v) is 5.91. The van der Waals surface area contributed by atoms with Gasteiger partial charge in [0.15, 0.2) is 0 Å². The van der Waals surface area contributed by atoms with Gasteiger partial charge in [-0.15, -0.1) is 0 Å². The molecule has 0 radical (unpaired) electrons. The van der Waals surface area contributed by atoms with E-state index in [9.17, 15) is 14.4 Å². The van der Waals surface area contributed by atoms with E-state index in [2.05, 4.69) is 5.32 Å². The van der Waals surface area contributed by atoms with E-state index in [1.807, 2.05) is 78.8 Å². The molecule has 4 atom stereocenters. The fraction of sp³-hybridized carbons (Fsp3) is 0.667. The Hall–Kier alpha value is -2.61. The van der Waals surface area contributed by atoms with Crippen molar-refractivity contribution in [1.29, 1.82) is 0 Å². The molecule has 0 aromatic heterocycles. The number of alkyl carbamates (subject to hydrolysis) is 1. The summed E-state index contributed by atoms with van der Waals surface area (Å²) in [5, 5.41) is 2.72. The van der Waals surface area contributed by atoms with E-state index in [1.54, 1.807) is 11.9 Å². The van der Waals surface area contributed by atoms with Gasteiger partial charge in [0.1, 0.15) is 18.2 Å². The van der Waals surface area contributed by atoms with Gasteiger partial charge in [-0.1, -0.05) is 64.4 Å². The lowest BCUT2D eigenvalue weighted by Gasteiger charge is -2.39. The molecule has 0 heterocycles. The first-order valence-electron chi connectivity index (χ1n) is 12.3. The molecule has 0 spiro atoms. The van der Waals surface area contributed by atoms with Gasteiger partial charge in [-0.3, -0.25) is 9.59 Å². The normalized spacial score (nSPS) is 15.0.